The molecule has 2 rings (SSSR count). The van der Waals surface area contributed by atoms with Crippen LogP contribution in [0.2, 0.25) is 0 Å². The van der Waals surface area contributed by atoms with E-state index >= 15 is 0 Å². The molecule has 1 atom stereocenters. The molecular formula is C15H22N2O. The van der Waals surface area contributed by atoms with E-state index in [9.17, 15) is 5.11 Å². The zero-order chi connectivity index (χ0) is 13.5. The Morgan fingerprint density at radius 3 is 2.61 bits per heavy atom. The van der Waals surface area contributed by atoms with Crippen molar-refractivity contribution < 1.29 is 5.11 Å². The molecule has 2 aromatic rings. The lowest BCUT2D eigenvalue weighted by Crippen LogP contribution is -2.16. The number of pyridine rings is 1. The van der Waals surface area contributed by atoms with E-state index in [0.717, 1.165) is 22.6 Å². The second kappa shape index (κ2) is 4.39. The van der Waals surface area contributed by atoms with Crippen LogP contribution < -0.4 is 0 Å². The summed E-state index contributed by atoms with van der Waals surface area (Å²) < 4.78 is 2.03. The van der Waals surface area contributed by atoms with Crippen molar-refractivity contribution in [1.29, 1.82) is 0 Å². The summed E-state index contributed by atoms with van der Waals surface area (Å²) in [6, 6.07) is 4.05. The van der Waals surface area contributed by atoms with E-state index in [0.29, 0.717) is 6.42 Å². The highest BCUT2D eigenvalue weighted by Gasteiger charge is 2.27. The van der Waals surface area contributed by atoms with Gasteiger partial charge >= 0.3 is 0 Å². The number of hydrogen-bond donors (Lipinski definition) is 1. The average molecular weight is 246 g/mol. The highest BCUT2D eigenvalue weighted by atomic mass is 16.3. The summed E-state index contributed by atoms with van der Waals surface area (Å²) in [4.78, 5) is 4.76. The number of aryl methyl sites for hydroxylation is 1. The highest BCUT2D eigenvalue weighted by Crippen LogP contribution is 2.32. The van der Waals surface area contributed by atoms with E-state index in [4.69, 9.17) is 4.98 Å². The topological polar surface area (TPSA) is 37.5 Å². The average Bonchev–Trinajstić information content (AvgIpc) is 2.68. The van der Waals surface area contributed by atoms with Gasteiger partial charge < -0.3 is 9.51 Å². The van der Waals surface area contributed by atoms with Gasteiger partial charge in [0.15, 0.2) is 0 Å². The van der Waals surface area contributed by atoms with Crippen LogP contribution in [0.15, 0.2) is 18.3 Å². The zero-order valence-corrected chi connectivity index (χ0v) is 11.9. The van der Waals surface area contributed by atoms with Crippen LogP contribution in [0.25, 0.3) is 5.65 Å². The molecule has 0 saturated carbocycles. The largest absolute Gasteiger partial charge is 0.387 e. The maximum Gasteiger partial charge on any atom is 0.140 e. The molecule has 0 bridgehead atoms. The van der Waals surface area contributed by atoms with Crippen LogP contribution in [0, 0.1) is 6.92 Å². The van der Waals surface area contributed by atoms with Crippen molar-refractivity contribution in [3.63, 3.8) is 0 Å². The molecule has 0 saturated heterocycles. The van der Waals surface area contributed by atoms with Gasteiger partial charge in [-0.15, -0.1) is 0 Å². The maximum absolute atomic E-state index is 10.3. The number of rotatable bonds is 2. The third-order valence-corrected chi connectivity index (χ3v) is 3.29. The molecule has 0 amide bonds. The van der Waals surface area contributed by atoms with E-state index in [1.54, 1.807) is 0 Å². The number of fused-ring (bicyclic) bond motifs is 1. The van der Waals surface area contributed by atoms with Gasteiger partial charge in [-0.2, -0.15) is 0 Å². The van der Waals surface area contributed by atoms with Crippen molar-refractivity contribution in [1.82, 2.24) is 9.38 Å². The summed E-state index contributed by atoms with van der Waals surface area (Å²) in [7, 11) is 0. The van der Waals surface area contributed by atoms with Crippen molar-refractivity contribution in [2.45, 2.75) is 52.6 Å². The molecule has 3 heteroatoms. The van der Waals surface area contributed by atoms with Crippen LogP contribution in [-0.2, 0) is 5.41 Å². The van der Waals surface area contributed by atoms with Gasteiger partial charge in [0.1, 0.15) is 5.65 Å². The minimum absolute atomic E-state index is 0.0655. The second-order valence-corrected chi connectivity index (χ2v) is 5.90. The molecule has 98 valence electrons. The monoisotopic (exact) mass is 246 g/mol. The van der Waals surface area contributed by atoms with Gasteiger partial charge in [0.05, 0.1) is 17.5 Å². The van der Waals surface area contributed by atoms with Crippen LogP contribution >= 0.6 is 0 Å². The Morgan fingerprint density at radius 2 is 2.06 bits per heavy atom. The standard InChI is InChI=1S/C15H22N2O/c1-6-11(18)12-13(15(3,4)5)16-14-10(2)8-7-9-17(12)14/h7-9,11,18H,6H2,1-5H3. The predicted octanol–water partition coefficient (Wildman–Crippen LogP) is 3.38. The molecular weight excluding hydrogens is 224 g/mol. The van der Waals surface area contributed by atoms with Crippen molar-refractivity contribution >= 4 is 5.65 Å². The zero-order valence-electron chi connectivity index (χ0n) is 11.9. The Morgan fingerprint density at radius 1 is 1.39 bits per heavy atom. The second-order valence-electron chi connectivity index (χ2n) is 5.90. The molecule has 0 spiro atoms. The molecule has 2 heterocycles. The predicted molar refractivity (Wildman–Crippen MR) is 73.9 cm³/mol. The summed E-state index contributed by atoms with van der Waals surface area (Å²) in [5.74, 6) is 0. The molecule has 2 aromatic heterocycles. The molecule has 0 radical (unpaired) electrons. The minimum atomic E-state index is -0.462. The number of imidazole rings is 1. The lowest BCUT2D eigenvalue weighted by atomic mass is 9.89. The molecule has 0 fully saturated rings. The van der Waals surface area contributed by atoms with Crippen molar-refractivity contribution in [3.05, 3.63) is 35.3 Å². The van der Waals surface area contributed by atoms with Crippen molar-refractivity contribution in [3.8, 4) is 0 Å². The molecule has 0 aliphatic heterocycles. The first-order chi connectivity index (χ1) is 8.36. The number of nitrogens with zero attached hydrogens (tertiary/aromatic N) is 2. The third-order valence-electron chi connectivity index (χ3n) is 3.29. The third kappa shape index (κ3) is 2.03. The number of aromatic nitrogens is 2. The van der Waals surface area contributed by atoms with Gasteiger partial charge in [0.25, 0.3) is 0 Å². The number of hydrogen-bond acceptors (Lipinski definition) is 2. The Kier molecular flexibility index (Phi) is 3.20. The lowest BCUT2D eigenvalue weighted by Gasteiger charge is -2.20. The summed E-state index contributed by atoms with van der Waals surface area (Å²) >= 11 is 0. The Bertz CT molecular complexity index is 564. The van der Waals surface area contributed by atoms with Crippen LogP contribution in [0.4, 0.5) is 0 Å². The fourth-order valence-corrected chi connectivity index (χ4v) is 2.29. The van der Waals surface area contributed by atoms with Crippen molar-refractivity contribution in [2.75, 3.05) is 0 Å². The van der Waals surface area contributed by atoms with Gasteiger partial charge in [0, 0.05) is 11.6 Å². The first-order valence-corrected chi connectivity index (χ1v) is 6.52. The van der Waals surface area contributed by atoms with Crippen molar-refractivity contribution in [2.24, 2.45) is 0 Å². The van der Waals surface area contributed by atoms with E-state index in [1.807, 2.05) is 23.6 Å². The first kappa shape index (κ1) is 13.1. The molecule has 1 unspecified atom stereocenters. The fourth-order valence-electron chi connectivity index (χ4n) is 2.29. The highest BCUT2D eigenvalue weighted by molar-refractivity contribution is 5.51. The Balaban J connectivity index is 2.81. The maximum atomic E-state index is 10.3. The van der Waals surface area contributed by atoms with Gasteiger partial charge in [-0.05, 0) is 25.0 Å². The normalized spacial score (nSPS) is 14.1. The van der Waals surface area contributed by atoms with Crippen LogP contribution in [0.5, 0.6) is 0 Å². The molecule has 0 aliphatic rings. The lowest BCUT2D eigenvalue weighted by molar-refractivity contribution is 0.165. The van der Waals surface area contributed by atoms with Crippen LogP contribution in [0.1, 0.15) is 57.2 Å². The number of aliphatic hydroxyl groups is 1. The van der Waals surface area contributed by atoms with Crippen LogP contribution in [0.3, 0.4) is 0 Å². The summed E-state index contributed by atoms with van der Waals surface area (Å²) in [5.41, 5.74) is 3.95. The molecule has 0 aliphatic carbocycles. The summed E-state index contributed by atoms with van der Waals surface area (Å²) in [5, 5.41) is 10.3. The summed E-state index contributed by atoms with van der Waals surface area (Å²) in [6.45, 7) is 10.4. The first-order valence-electron chi connectivity index (χ1n) is 6.52. The fraction of sp³-hybridized carbons (Fsp3) is 0.533. The SMILES string of the molecule is CCC(O)c1c(C(C)(C)C)nc2c(C)cccn12. The van der Waals surface area contributed by atoms with Gasteiger partial charge in [-0.25, -0.2) is 4.98 Å². The quantitative estimate of drug-likeness (QED) is 0.882. The van der Waals surface area contributed by atoms with E-state index in [2.05, 4.69) is 33.8 Å². The van der Waals surface area contributed by atoms with E-state index in [-0.39, 0.29) is 5.41 Å². The van der Waals surface area contributed by atoms with E-state index < -0.39 is 6.10 Å². The minimum Gasteiger partial charge on any atom is -0.387 e. The van der Waals surface area contributed by atoms with Gasteiger partial charge in [-0.1, -0.05) is 33.8 Å². The Hall–Kier alpha value is -1.35. The summed E-state index contributed by atoms with van der Waals surface area (Å²) in [6.07, 6.45) is 2.22. The van der Waals surface area contributed by atoms with Gasteiger partial charge in [-0.3, -0.25) is 0 Å². The Labute approximate surface area is 108 Å². The van der Waals surface area contributed by atoms with Gasteiger partial charge in [0.2, 0.25) is 0 Å². The molecule has 1 N–H and O–H groups in total. The molecule has 3 nitrogen and oxygen atoms in total. The molecule has 0 aromatic carbocycles. The smallest absolute Gasteiger partial charge is 0.140 e. The van der Waals surface area contributed by atoms with E-state index in [1.165, 1.54) is 0 Å². The molecule has 18 heavy (non-hydrogen) atoms. The number of aliphatic hydroxyl groups excluding tert-OH is 1. The van der Waals surface area contributed by atoms with Crippen LogP contribution in [-0.4, -0.2) is 14.5 Å².